The molecule has 1 amide bonds. The molecule has 0 spiro atoms. The van der Waals surface area contributed by atoms with E-state index < -0.39 is 0 Å². The molecule has 96 valence electrons. The van der Waals surface area contributed by atoms with Crippen molar-refractivity contribution in [2.75, 3.05) is 5.73 Å². The second-order valence-electron chi connectivity index (χ2n) is 4.60. The standard InChI is InChI=1S/C14H14N4O/c15-13-12(14(19)17-10-6-7-10)18-11(8-16-13)9-4-2-1-3-5-9/h1-5,8,10H,6-7H2,(H2,15,16)(H,17,19). The summed E-state index contributed by atoms with van der Waals surface area (Å²) in [5.41, 5.74) is 7.49. The third kappa shape index (κ3) is 2.54. The Morgan fingerprint density at radius 1 is 1.26 bits per heavy atom. The van der Waals surface area contributed by atoms with Gasteiger partial charge >= 0.3 is 0 Å². The number of carbonyl (C=O) groups is 1. The number of carbonyl (C=O) groups excluding carboxylic acids is 1. The van der Waals surface area contributed by atoms with E-state index in [9.17, 15) is 4.79 Å². The normalized spacial score (nSPS) is 14.1. The molecular weight excluding hydrogens is 240 g/mol. The lowest BCUT2D eigenvalue weighted by atomic mass is 10.1. The smallest absolute Gasteiger partial charge is 0.273 e. The molecule has 1 saturated carbocycles. The van der Waals surface area contributed by atoms with Gasteiger partial charge in [0.1, 0.15) is 0 Å². The van der Waals surface area contributed by atoms with Gasteiger partial charge in [0.05, 0.1) is 11.9 Å². The number of anilines is 1. The Kier molecular flexibility index (Phi) is 2.87. The molecule has 0 unspecified atom stereocenters. The first-order valence-corrected chi connectivity index (χ1v) is 6.23. The maximum atomic E-state index is 12.0. The Balaban J connectivity index is 1.93. The molecule has 1 fully saturated rings. The van der Waals surface area contributed by atoms with Crippen molar-refractivity contribution in [3.05, 3.63) is 42.2 Å². The fourth-order valence-corrected chi connectivity index (χ4v) is 1.79. The Labute approximate surface area is 110 Å². The highest BCUT2D eigenvalue weighted by Gasteiger charge is 2.25. The van der Waals surface area contributed by atoms with Crippen molar-refractivity contribution < 1.29 is 4.79 Å². The van der Waals surface area contributed by atoms with Gasteiger partial charge in [-0.05, 0) is 12.8 Å². The van der Waals surface area contributed by atoms with E-state index >= 15 is 0 Å². The van der Waals surface area contributed by atoms with Crippen LogP contribution < -0.4 is 11.1 Å². The highest BCUT2D eigenvalue weighted by atomic mass is 16.2. The first kappa shape index (κ1) is 11.6. The van der Waals surface area contributed by atoms with E-state index in [-0.39, 0.29) is 23.5 Å². The van der Waals surface area contributed by atoms with Crippen LogP contribution in [0.5, 0.6) is 0 Å². The zero-order chi connectivity index (χ0) is 13.2. The van der Waals surface area contributed by atoms with Gasteiger partial charge in [-0.2, -0.15) is 0 Å². The number of amides is 1. The quantitative estimate of drug-likeness (QED) is 0.872. The molecule has 1 aromatic heterocycles. The number of benzene rings is 1. The molecule has 3 rings (SSSR count). The van der Waals surface area contributed by atoms with E-state index in [0.29, 0.717) is 5.69 Å². The molecule has 19 heavy (non-hydrogen) atoms. The predicted molar refractivity (Wildman–Crippen MR) is 72.4 cm³/mol. The highest BCUT2D eigenvalue weighted by Crippen LogP contribution is 2.21. The molecule has 0 radical (unpaired) electrons. The summed E-state index contributed by atoms with van der Waals surface area (Å²) in [5.74, 6) is -0.0805. The summed E-state index contributed by atoms with van der Waals surface area (Å²) in [6.07, 6.45) is 3.63. The Bertz CT molecular complexity index is 608. The maximum Gasteiger partial charge on any atom is 0.273 e. The monoisotopic (exact) mass is 254 g/mol. The Hall–Kier alpha value is -2.43. The van der Waals surface area contributed by atoms with Crippen LogP contribution in [-0.4, -0.2) is 21.9 Å². The fraction of sp³-hybridized carbons (Fsp3) is 0.214. The molecular formula is C14H14N4O. The summed E-state index contributed by atoms with van der Waals surface area (Å²) >= 11 is 0. The summed E-state index contributed by atoms with van der Waals surface area (Å²) in [5, 5.41) is 2.87. The topological polar surface area (TPSA) is 80.9 Å². The highest BCUT2D eigenvalue weighted by molar-refractivity contribution is 5.97. The molecule has 1 aliphatic rings. The Morgan fingerprint density at radius 3 is 2.68 bits per heavy atom. The number of hydrogen-bond donors (Lipinski definition) is 2. The van der Waals surface area contributed by atoms with Gasteiger partial charge in [-0.25, -0.2) is 9.97 Å². The van der Waals surface area contributed by atoms with E-state index in [2.05, 4.69) is 15.3 Å². The lowest BCUT2D eigenvalue weighted by Gasteiger charge is -2.07. The molecule has 1 aromatic carbocycles. The Morgan fingerprint density at radius 2 is 2.00 bits per heavy atom. The van der Waals surface area contributed by atoms with Gasteiger partial charge in [0.15, 0.2) is 11.5 Å². The number of nitrogen functional groups attached to an aromatic ring is 1. The minimum absolute atomic E-state index is 0.165. The molecule has 0 atom stereocenters. The number of aromatic nitrogens is 2. The van der Waals surface area contributed by atoms with Crippen LogP contribution in [0.25, 0.3) is 11.3 Å². The van der Waals surface area contributed by atoms with Crippen LogP contribution in [0, 0.1) is 0 Å². The molecule has 1 heterocycles. The number of nitrogens with two attached hydrogens (primary N) is 1. The maximum absolute atomic E-state index is 12.0. The minimum Gasteiger partial charge on any atom is -0.382 e. The summed E-state index contributed by atoms with van der Waals surface area (Å²) in [7, 11) is 0. The molecule has 0 bridgehead atoms. The zero-order valence-electron chi connectivity index (χ0n) is 10.3. The zero-order valence-corrected chi connectivity index (χ0v) is 10.3. The molecule has 0 aliphatic heterocycles. The van der Waals surface area contributed by atoms with Crippen molar-refractivity contribution >= 4 is 11.7 Å². The molecule has 2 aromatic rings. The average molecular weight is 254 g/mol. The number of hydrogen-bond acceptors (Lipinski definition) is 4. The van der Waals surface area contributed by atoms with Crippen LogP contribution in [0.1, 0.15) is 23.3 Å². The molecule has 1 aliphatic carbocycles. The largest absolute Gasteiger partial charge is 0.382 e. The van der Waals surface area contributed by atoms with Gasteiger partial charge in [0.25, 0.3) is 5.91 Å². The van der Waals surface area contributed by atoms with Crippen molar-refractivity contribution in [3.8, 4) is 11.3 Å². The van der Waals surface area contributed by atoms with Gasteiger partial charge in [-0.3, -0.25) is 4.79 Å². The number of rotatable bonds is 3. The first-order valence-electron chi connectivity index (χ1n) is 6.23. The van der Waals surface area contributed by atoms with Crippen molar-refractivity contribution in [2.24, 2.45) is 0 Å². The summed E-state index contributed by atoms with van der Waals surface area (Å²) in [6, 6.07) is 9.86. The van der Waals surface area contributed by atoms with Crippen LogP contribution in [0.3, 0.4) is 0 Å². The van der Waals surface area contributed by atoms with E-state index in [1.165, 1.54) is 0 Å². The van der Waals surface area contributed by atoms with E-state index in [0.717, 1.165) is 18.4 Å². The first-order chi connectivity index (χ1) is 9.24. The lowest BCUT2D eigenvalue weighted by molar-refractivity contribution is 0.0947. The third-order valence-electron chi connectivity index (χ3n) is 3.00. The second kappa shape index (κ2) is 4.68. The molecule has 5 nitrogen and oxygen atoms in total. The van der Waals surface area contributed by atoms with E-state index in [1.54, 1.807) is 6.20 Å². The number of nitrogens with zero attached hydrogens (tertiary/aromatic N) is 2. The van der Waals surface area contributed by atoms with Crippen molar-refractivity contribution in [2.45, 2.75) is 18.9 Å². The van der Waals surface area contributed by atoms with Crippen molar-refractivity contribution in [1.82, 2.24) is 15.3 Å². The van der Waals surface area contributed by atoms with Crippen molar-refractivity contribution in [1.29, 1.82) is 0 Å². The SMILES string of the molecule is Nc1ncc(-c2ccccc2)nc1C(=O)NC1CC1. The lowest BCUT2D eigenvalue weighted by Crippen LogP contribution is -2.27. The van der Waals surface area contributed by atoms with Crippen LogP contribution in [-0.2, 0) is 0 Å². The van der Waals surface area contributed by atoms with Gasteiger partial charge in [-0.15, -0.1) is 0 Å². The van der Waals surface area contributed by atoms with Gasteiger partial charge in [-0.1, -0.05) is 30.3 Å². The van der Waals surface area contributed by atoms with Gasteiger partial charge in [0, 0.05) is 11.6 Å². The van der Waals surface area contributed by atoms with E-state index in [4.69, 9.17) is 5.73 Å². The summed E-state index contributed by atoms with van der Waals surface area (Å²) in [6.45, 7) is 0. The van der Waals surface area contributed by atoms with E-state index in [1.807, 2.05) is 30.3 Å². The molecule has 0 saturated heterocycles. The predicted octanol–water partition coefficient (Wildman–Crippen LogP) is 1.62. The fourth-order valence-electron chi connectivity index (χ4n) is 1.79. The van der Waals surface area contributed by atoms with Gasteiger partial charge < -0.3 is 11.1 Å². The molecule has 3 N–H and O–H groups in total. The second-order valence-corrected chi connectivity index (χ2v) is 4.60. The summed E-state index contributed by atoms with van der Waals surface area (Å²) in [4.78, 5) is 20.4. The number of nitrogens with one attached hydrogen (secondary N) is 1. The third-order valence-corrected chi connectivity index (χ3v) is 3.00. The van der Waals surface area contributed by atoms with Crippen molar-refractivity contribution in [3.63, 3.8) is 0 Å². The van der Waals surface area contributed by atoms with Crippen LogP contribution in [0.15, 0.2) is 36.5 Å². The average Bonchev–Trinajstić information content (AvgIpc) is 3.24. The van der Waals surface area contributed by atoms with Crippen LogP contribution in [0.2, 0.25) is 0 Å². The molecule has 5 heteroatoms. The van der Waals surface area contributed by atoms with Crippen LogP contribution >= 0.6 is 0 Å². The summed E-state index contributed by atoms with van der Waals surface area (Å²) < 4.78 is 0. The van der Waals surface area contributed by atoms with Gasteiger partial charge in [0.2, 0.25) is 0 Å². The minimum atomic E-state index is -0.245. The van der Waals surface area contributed by atoms with Crippen LogP contribution in [0.4, 0.5) is 5.82 Å².